The van der Waals surface area contributed by atoms with Crippen LogP contribution in [-0.2, 0) is 9.84 Å². The standard InChI is InChI=1S/C13H23N3O2S/c1-4-7-14-12(6-5-8-19(3,17)18)13-10-15-11(2)9-16-13/h9-10,12,14H,4-8H2,1-3H3. The Balaban J connectivity index is 2.63. The summed E-state index contributed by atoms with van der Waals surface area (Å²) < 4.78 is 22.3. The van der Waals surface area contributed by atoms with E-state index in [-0.39, 0.29) is 11.8 Å². The second-order valence-corrected chi connectivity index (χ2v) is 7.12. The lowest BCUT2D eigenvalue weighted by molar-refractivity contribution is 0.481. The van der Waals surface area contributed by atoms with E-state index >= 15 is 0 Å². The van der Waals surface area contributed by atoms with Crippen molar-refractivity contribution in [3.8, 4) is 0 Å². The molecule has 1 rings (SSSR count). The Morgan fingerprint density at radius 3 is 2.58 bits per heavy atom. The maximum Gasteiger partial charge on any atom is 0.147 e. The summed E-state index contributed by atoms with van der Waals surface area (Å²) >= 11 is 0. The van der Waals surface area contributed by atoms with Crippen LogP contribution in [0, 0.1) is 6.92 Å². The highest BCUT2D eigenvalue weighted by atomic mass is 32.2. The number of aromatic nitrogens is 2. The molecule has 0 fully saturated rings. The maximum atomic E-state index is 11.2. The van der Waals surface area contributed by atoms with Crippen molar-refractivity contribution in [3.05, 3.63) is 23.8 Å². The Labute approximate surface area is 115 Å². The minimum absolute atomic E-state index is 0.0785. The van der Waals surface area contributed by atoms with Crippen LogP contribution in [-0.4, -0.2) is 36.9 Å². The number of sulfone groups is 1. The van der Waals surface area contributed by atoms with Crippen molar-refractivity contribution in [3.63, 3.8) is 0 Å². The zero-order valence-electron chi connectivity index (χ0n) is 11.9. The lowest BCUT2D eigenvalue weighted by atomic mass is 10.1. The molecule has 1 aromatic heterocycles. The number of hydrogen-bond acceptors (Lipinski definition) is 5. The van der Waals surface area contributed by atoms with Gasteiger partial charge >= 0.3 is 0 Å². The summed E-state index contributed by atoms with van der Waals surface area (Å²) in [5, 5.41) is 3.39. The minimum atomic E-state index is -2.89. The molecule has 0 aromatic carbocycles. The highest BCUT2D eigenvalue weighted by Crippen LogP contribution is 2.16. The molecule has 108 valence electrons. The van der Waals surface area contributed by atoms with Crippen LogP contribution >= 0.6 is 0 Å². The van der Waals surface area contributed by atoms with Crippen molar-refractivity contribution in [2.45, 2.75) is 39.2 Å². The van der Waals surface area contributed by atoms with Crippen molar-refractivity contribution >= 4 is 9.84 Å². The zero-order chi connectivity index (χ0) is 14.3. The Morgan fingerprint density at radius 2 is 2.05 bits per heavy atom. The van der Waals surface area contributed by atoms with Gasteiger partial charge in [-0.2, -0.15) is 0 Å². The van der Waals surface area contributed by atoms with Crippen LogP contribution in [0.25, 0.3) is 0 Å². The Morgan fingerprint density at radius 1 is 1.32 bits per heavy atom. The van der Waals surface area contributed by atoms with Gasteiger partial charge in [-0.25, -0.2) is 8.42 Å². The Hall–Kier alpha value is -1.01. The van der Waals surface area contributed by atoms with Crippen molar-refractivity contribution in [2.24, 2.45) is 0 Å². The Kier molecular flexibility index (Phi) is 6.37. The molecule has 1 aromatic rings. The molecule has 1 unspecified atom stereocenters. The van der Waals surface area contributed by atoms with E-state index in [1.54, 1.807) is 12.4 Å². The summed E-state index contributed by atoms with van der Waals surface area (Å²) in [5.74, 6) is 0.219. The van der Waals surface area contributed by atoms with Gasteiger partial charge in [-0.05, 0) is 32.7 Å². The number of nitrogens with one attached hydrogen (secondary N) is 1. The molecular weight excluding hydrogens is 262 g/mol. The van der Waals surface area contributed by atoms with Crippen molar-refractivity contribution < 1.29 is 8.42 Å². The van der Waals surface area contributed by atoms with Crippen molar-refractivity contribution in [1.29, 1.82) is 0 Å². The maximum absolute atomic E-state index is 11.2. The van der Waals surface area contributed by atoms with Crippen LogP contribution < -0.4 is 5.32 Å². The third-order valence-corrected chi connectivity index (χ3v) is 3.84. The smallest absolute Gasteiger partial charge is 0.147 e. The average Bonchev–Trinajstić information content (AvgIpc) is 2.33. The Bertz CT molecular complexity index is 471. The van der Waals surface area contributed by atoms with Gasteiger partial charge in [0.1, 0.15) is 9.84 Å². The second-order valence-electron chi connectivity index (χ2n) is 4.86. The van der Waals surface area contributed by atoms with Crippen LogP contribution in [0.3, 0.4) is 0 Å². The van der Waals surface area contributed by atoms with Crippen LogP contribution in [0.5, 0.6) is 0 Å². The quantitative estimate of drug-likeness (QED) is 0.786. The van der Waals surface area contributed by atoms with Gasteiger partial charge in [0.15, 0.2) is 0 Å². The third kappa shape index (κ3) is 6.63. The molecule has 0 radical (unpaired) electrons. The first-order valence-corrected chi connectivity index (χ1v) is 8.68. The van der Waals surface area contributed by atoms with Crippen molar-refractivity contribution in [2.75, 3.05) is 18.6 Å². The lowest BCUT2D eigenvalue weighted by Crippen LogP contribution is -2.24. The van der Waals surface area contributed by atoms with Gasteiger partial charge in [0.25, 0.3) is 0 Å². The van der Waals surface area contributed by atoms with E-state index in [1.165, 1.54) is 6.26 Å². The fraction of sp³-hybridized carbons (Fsp3) is 0.692. The average molecular weight is 285 g/mol. The molecule has 1 N–H and O–H groups in total. The minimum Gasteiger partial charge on any atom is -0.309 e. The number of hydrogen-bond donors (Lipinski definition) is 1. The van der Waals surface area contributed by atoms with Crippen LogP contribution in [0.2, 0.25) is 0 Å². The van der Waals surface area contributed by atoms with E-state index in [1.807, 2.05) is 6.92 Å². The molecule has 1 heterocycles. The summed E-state index contributed by atoms with van der Waals surface area (Å²) in [5.41, 5.74) is 1.77. The molecular formula is C13H23N3O2S. The molecule has 0 amide bonds. The van der Waals surface area contributed by atoms with Crippen LogP contribution in [0.4, 0.5) is 0 Å². The van der Waals surface area contributed by atoms with E-state index in [2.05, 4.69) is 22.2 Å². The zero-order valence-corrected chi connectivity index (χ0v) is 12.7. The summed E-state index contributed by atoms with van der Waals surface area (Å²) in [6, 6.07) is 0.0785. The van der Waals surface area contributed by atoms with E-state index in [0.717, 1.165) is 30.8 Å². The first-order chi connectivity index (χ1) is 8.92. The number of rotatable bonds is 8. The van der Waals surface area contributed by atoms with Crippen LogP contribution in [0.1, 0.15) is 43.6 Å². The SMILES string of the molecule is CCCNC(CCCS(C)(=O)=O)c1cnc(C)cn1. The summed E-state index contributed by atoms with van der Waals surface area (Å²) in [7, 11) is -2.89. The van der Waals surface area contributed by atoms with E-state index in [9.17, 15) is 8.42 Å². The molecule has 0 saturated carbocycles. The monoisotopic (exact) mass is 285 g/mol. The predicted octanol–water partition coefficient (Wildman–Crippen LogP) is 1.65. The molecule has 0 spiro atoms. The number of aryl methyl sites for hydroxylation is 1. The molecule has 1 atom stereocenters. The van der Waals surface area contributed by atoms with Gasteiger partial charge in [0.05, 0.1) is 23.6 Å². The van der Waals surface area contributed by atoms with E-state index in [0.29, 0.717) is 6.42 Å². The first kappa shape index (κ1) is 16.0. The highest BCUT2D eigenvalue weighted by molar-refractivity contribution is 7.90. The van der Waals surface area contributed by atoms with Gasteiger partial charge in [-0.15, -0.1) is 0 Å². The van der Waals surface area contributed by atoms with Gasteiger partial charge in [-0.1, -0.05) is 6.92 Å². The van der Waals surface area contributed by atoms with Gasteiger partial charge < -0.3 is 5.32 Å². The largest absolute Gasteiger partial charge is 0.309 e. The molecule has 5 nitrogen and oxygen atoms in total. The summed E-state index contributed by atoms with van der Waals surface area (Å²) in [6.07, 6.45) is 7.20. The fourth-order valence-electron chi connectivity index (χ4n) is 1.81. The third-order valence-electron chi connectivity index (χ3n) is 2.81. The molecule has 6 heteroatoms. The molecule has 0 aliphatic rings. The highest BCUT2D eigenvalue weighted by Gasteiger charge is 2.13. The van der Waals surface area contributed by atoms with Gasteiger partial charge in [0, 0.05) is 18.2 Å². The molecule has 0 bridgehead atoms. The van der Waals surface area contributed by atoms with Crippen LogP contribution in [0.15, 0.2) is 12.4 Å². The van der Waals surface area contributed by atoms with Crippen molar-refractivity contribution in [1.82, 2.24) is 15.3 Å². The summed E-state index contributed by atoms with van der Waals surface area (Å²) in [4.78, 5) is 8.62. The van der Waals surface area contributed by atoms with Gasteiger partial charge in [0.2, 0.25) is 0 Å². The van der Waals surface area contributed by atoms with E-state index < -0.39 is 9.84 Å². The predicted molar refractivity (Wildman–Crippen MR) is 76.7 cm³/mol. The topological polar surface area (TPSA) is 72.0 Å². The number of nitrogens with zero attached hydrogens (tertiary/aromatic N) is 2. The molecule has 0 aliphatic heterocycles. The fourth-order valence-corrected chi connectivity index (χ4v) is 2.50. The van der Waals surface area contributed by atoms with Gasteiger partial charge in [-0.3, -0.25) is 9.97 Å². The lowest BCUT2D eigenvalue weighted by Gasteiger charge is -2.17. The molecule has 0 aliphatic carbocycles. The van der Waals surface area contributed by atoms with E-state index in [4.69, 9.17) is 0 Å². The molecule has 0 saturated heterocycles. The molecule has 19 heavy (non-hydrogen) atoms. The normalized spacial score (nSPS) is 13.4. The summed E-state index contributed by atoms with van der Waals surface area (Å²) in [6.45, 7) is 4.88. The first-order valence-electron chi connectivity index (χ1n) is 6.62. The second kappa shape index (κ2) is 7.55.